The van der Waals surface area contributed by atoms with Crippen LogP contribution in [0.3, 0.4) is 0 Å². The van der Waals surface area contributed by atoms with Gasteiger partial charge in [0.25, 0.3) is 0 Å². The Kier molecular flexibility index (Phi) is 5.07. The molecule has 0 aromatic carbocycles. The second kappa shape index (κ2) is 7.41. The summed E-state index contributed by atoms with van der Waals surface area (Å²) in [6.07, 6.45) is 3.07. The summed E-state index contributed by atoms with van der Waals surface area (Å²) in [6.45, 7) is 2.41. The van der Waals surface area contributed by atoms with Crippen LogP contribution in [0, 0.1) is 11.3 Å². The molecule has 9 nitrogen and oxygen atoms in total. The van der Waals surface area contributed by atoms with Gasteiger partial charge in [0.05, 0.1) is 5.75 Å². The van der Waals surface area contributed by atoms with E-state index in [4.69, 9.17) is 11.0 Å². The van der Waals surface area contributed by atoms with Gasteiger partial charge >= 0.3 is 0 Å². The number of hydrogen-bond acceptors (Lipinski definition) is 10. The van der Waals surface area contributed by atoms with Crippen molar-refractivity contribution >= 4 is 40.0 Å². The first-order valence-electron chi connectivity index (χ1n) is 7.13. The molecule has 3 rings (SSSR count). The summed E-state index contributed by atoms with van der Waals surface area (Å²) in [6, 6.07) is 2.05. The Morgan fingerprint density at radius 3 is 2.71 bits per heavy atom. The smallest absolute Gasteiger partial charge is 0.233 e. The number of anilines is 2. The van der Waals surface area contributed by atoms with Crippen LogP contribution < -0.4 is 10.6 Å². The van der Waals surface area contributed by atoms with E-state index in [2.05, 4.69) is 20.2 Å². The van der Waals surface area contributed by atoms with Gasteiger partial charge in [-0.15, -0.1) is 10.2 Å². The Balaban J connectivity index is 1.53. The van der Waals surface area contributed by atoms with Crippen LogP contribution in [0.25, 0.3) is 0 Å². The summed E-state index contributed by atoms with van der Waals surface area (Å²) >= 11 is 2.61. The van der Waals surface area contributed by atoms with Crippen molar-refractivity contribution in [1.29, 1.82) is 5.26 Å². The van der Waals surface area contributed by atoms with Crippen LogP contribution in [-0.2, 0) is 4.79 Å². The van der Waals surface area contributed by atoms with Crippen molar-refractivity contribution in [3.8, 4) is 6.07 Å². The Morgan fingerprint density at radius 2 is 2.04 bits per heavy atom. The van der Waals surface area contributed by atoms with Crippen molar-refractivity contribution in [2.45, 2.75) is 4.34 Å². The van der Waals surface area contributed by atoms with Gasteiger partial charge in [-0.3, -0.25) is 4.79 Å². The number of nitrogen functional groups attached to an aromatic ring is 1. The molecule has 0 atom stereocenters. The first kappa shape index (κ1) is 16.4. The van der Waals surface area contributed by atoms with Crippen LogP contribution in [0.1, 0.15) is 5.69 Å². The summed E-state index contributed by atoms with van der Waals surface area (Å²) in [7, 11) is 0. The highest BCUT2D eigenvalue weighted by Gasteiger charge is 2.24. The van der Waals surface area contributed by atoms with E-state index in [1.807, 2.05) is 11.0 Å². The number of amides is 1. The molecule has 3 heterocycles. The molecule has 2 N–H and O–H groups in total. The minimum Gasteiger partial charge on any atom is -0.374 e. The molecule has 0 saturated carbocycles. The monoisotopic (exact) mass is 362 g/mol. The number of piperazine rings is 1. The molecular weight excluding hydrogens is 348 g/mol. The Bertz CT molecular complexity index is 765. The number of carbonyl (C=O) groups excluding carboxylic acids is 1. The number of thioether (sulfide) groups is 1. The van der Waals surface area contributed by atoms with Crippen molar-refractivity contribution in [2.24, 2.45) is 0 Å². The lowest BCUT2D eigenvalue weighted by atomic mass is 10.3. The average Bonchev–Trinajstić information content (AvgIpc) is 3.05. The number of nitrogens with two attached hydrogens (primary N) is 1. The van der Waals surface area contributed by atoms with E-state index >= 15 is 0 Å². The van der Waals surface area contributed by atoms with Crippen molar-refractivity contribution in [3.63, 3.8) is 0 Å². The molecule has 11 heteroatoms. The highest BCUT2D eigenvalue weighted by atomic mass is 32.2. The number of rotatable bonds is 4. The second-order valence-corrected chi connectivity index (χ2v) is 7.13. The van der Waals surface area contributed by atoms with E-state index in [1.54, 1.807) is 11.1 Å². The molecule has 0 aliphatic carbocycles. The highest BCUT2D eigenvalue weighted by molar-refractivity contribution is 8.01. The third-order valence-corrected chi connectivity index (χ3v) is 5.33. The SMILES string of the molecule is N#Cc1nccnc1N1CCN(C(=O)CSc2nnc(N)s2)CC1. The Hall–Kier alpha value is -2.45. The van der Waals surface area contributed by atoms with Gasteiger partial charge in [-0.1, -0.05) is 23.1 Å². The zero-order valence-electron chi connectivity index (χ0n) is 12.6. The lowest BCUT2D eigenvalue weighted by molar-refractivity contribution is -0.128. The minimum atomic E-state index is 0.0491. The molecule has 2 aromatic heterocycles. The normalized spacial score (nSPS) is 14.5. The van der Waals surface area contributed by atoms with Crippen LogP contribution in [0.4, 0.5) is 10.9 Å². The van der Waals surface area contributed by atoms with Crippen LogP contribution in [0.5, 0.6) is 0 Å². The van der Waals surface area contributed by atoms with E-state index < -0.39 is 0 Å². The topological polar surface area (TPSA) is 125 Å². The molecule has 2 aromatic rings. The van der Waals surface area contributed by atoms with E-state index in [0.717, 1.165) is 0 Å². The lowest BCUT2D eigenvalue weighted by Crippen LogP contribution is -2.49. The standard InChI is InChI=1S/C13H14N8OS2/c14-7-9-11(17-2-1-16-9)21-5-3-20(4-6-21)10(22)8-23-13-19-18-12(15)24-13/h1-2H,3-6,8H2,(H2,15,18). The predicted octanol–water partition coefficient (Wildman–Crippen LogP) is 0.223. The van der Waals surface area contributed by atoms with E-state index in [-0.39, 0.29) is 5.91 Å². The molecule has 24 heavy (non-hydrogen) atoms. The van der Waals surface area contributed by atoms with Gasteiger partial charge < -0.3 is 15.5 Å². The van der Waals surface area contributed by atoms with Crippen LogP contribution in [-0.4, -0.2) is 62.9 Å². The highest BCUT2D eigenvalue weighted by Crippen LogP contribution is 2.24. The Labute approximate surface area is 146 Å². The van der Waals surface area contributed by atoms with Crippen LogP contribution >= 0.6 is 23.1 Å². The number of nitrogens with zero attached hydrogens (tertiary/aromatic N) is 7. The minimum absolute atomic E-state index is 0.0491. The summed E-state index contributed by atoms with van der Waals surface area (Å²) in [5, 5.41) is 17.1. The summed E-state index contributed by atoms with van der Waals surface area (Å²) < 4.78 is 0.692. The molecule has 1 amide bonds. The maximum Gasteiger partial charge on any atom is 0.233 e. The summed E-state index contributed by atoms with van der Waals surface area (Å²) in [5.41, 5.74) is 5.83. The van der Waals surface area contributed by atoms with Gasteiger partial charge in [-0.05, 0) is 0 Å². The molecule has 0 radical (unpaired) electrons. The fourth-order valence-electron chi connectivity index (χ4n) is 2.30. The summed E-state index contributed by atoms with van der Waals surface area (Å²) in [4.78, 5) is 24.3. The van der Waals surface area contributed by atoms with E-state index in [0.29, 0.717) is 52.9 Å². The number of aromatic nitrogens is 4. The van der Waals surface area contributed by atoms with Crippen molar-refractivity contribution in [3.05, 3.63) is 18.1 Å². The lowest BCUT2D eigenvalue weighted by Gasteiger charge is -2.35. The van der Waals surface area contributed by atoms with Crippen molar-refractivity contribution in [1.82, 2.24) is 25.1 Å². The average molecular weight is 362 g/mol. The molecular formula is C13H14N8OS2. The van der Waals surface area contributed by atoms with Gasteiger partial charge in [-0.2, -0.15) is 5.26 Å². The third-order valence-electron chi connectivity index (χ3n) is 3.46. The third kappa shape index (κ3) is 3.72. The Morgan fingerprint density at radius 1 is 1.29 bits per heavy atom. The van der Waals surface area contributed by atoms with Crippen LogP contribution in [0.2, 0.25) is 0 Å². The number of carbonyl (C=O) groups is 1. The quantitative estimate of drug-likeness (QED) is 0.760. The fourth-order valence-corrected chi connectivity index (χ4v) is 3.84. The van der Waals surface area contributed by atoms with Crippen molar-refractivity contribution < 1.29 is 4.79 Å². The first-order valence-corrected chi connectivity index (χ1v) is 8.93. The maximum atomic E-state index is 12.3. The zero-order valence-corrected chi connectivity index (χ0v) is 14.3. The van der Waals surface area contributed by atoms with Gasteiger partial charge in [0, 0.05) is 38.6 Å². The fraction of sp³-hybridized carbons (Fsp3) is 0.385. The van der Waals surface area contributed by atoms with Crippen molar-refractivity contribution in [2.75, 3.05) is 42.6 Å². The maximum absolute atomic E-state index is 12.3. The molecule has 1 fully saturated rings. The molecule has 124 valence electrons. The van der Waals surface area contributed by atoms with Gasteiger partial charge in [0.15, 0.2) is 15.9 Å². The van der Waals surface area contributed by atoms with Gasteiger partial charge in [-0.25, -0.2) is 9.97 Å². The number of nitriles is 1. The number of hydrogen-bond donors (Lipinski definition) is 1. The molecule has 1 saturated heterocycles. The second-order valence-electron chi connectivity index (χ2n) is 4.90. The van der Waals surface area contributed by atoms with Gasteiger partial charge in [0.1, 0.15) is 6.07 Å². The first-order chi connectivity index (χ1) is 11.7. The van der Waals surface area contributed by atoms with E-state index in [1.165, 1.54) is 29.3 Å². The molecule has 1 aliphatic rings. The zero-order chi connectivity index (χ0) is 16.9. The molecule has 0 spiro atoms. The largest absolute Gasteiger partial charge is 0.374 e. The van der Waals surface area contributed by atoms with Crippen LogP contribution in [0.15, 0.2) is 16.7 Å². The predicted molar refractivity (Wildman–Crippen MR) is 90.6 cm³/mol. The molecule has 0 unspecified atom stereocenters. The summed E-state index contributed by atoms with van der Waals surface area (Å²) in [5.74, 6) is 0.933. The molecule has 0 bridgehead atoms. The molecule has 1 aliphatic heterocycles. The van der Waals surface area contributed by atoms with E-state index in [9.17, 15) is 4.79 Å². The van der Waals surface area contributed by atoms with Gasteiger partial charge in [0.2, 0.25) is 11.0 Å².